The minimum Gasteiger partial charge on any atom is -0.412 e. The Morgan fingerprint density at radius 1 is 0.436 bits per heavy atom. The van der Waals surface area contributed by atoms with Crippen LogP contribution in [0.2, 0.25) is 0 Å². The van der Waals surface area contributed by atoms with Crippen LogP contribution in [0.4, 0.5) is 0 Å². The summed E-state index contributed by atoms with van der Waals surface area (Å²) in [4.78, 5) is 0. The summed E-state index contributed by atoms with van der Waals surface area (Å²) >= 11 is 40.0. The monoisotopic (exact) mass is 794 g/mol. The maximum atomic E-state index is 7.83. The number of hydrogen-bond donors (Lipinski definition) is 4. The molecule has 0 spiro atoms. The van der Waals surface area contributed by atoms with Crippen molar-refractivity contribution in [3.63, 3.8) is 0 Å². The van der Waals surface area contributed by atoms with Gasteiger partial charge in [-0.15, -0.1) is 0 Å². The Kier molecular flexibility index (Phi) is 70.2. The molecule has 0 aromatic rings. The molecule has 0 aliphatic rings. The Morgan fingerprint density at radius 2 is 0.590 bits per heavy atom. The molecule has 0 aromatic heterocycles. The van der Waals surface area contributed by atoms with Gasteiger partial charge >= 0.3 is 21.1 Å². The van der Waals surface area contributed by atoms with E-state index in [1.165, 1.54) is 77.0 Å². The first-order valence-electron chi connectivity index (χ1n) is 13.0. The molecule has 0 amide bonds. The fourth-order valence-electron chi connectivity index (χ4n) is 2.26. The third-order valence-corrected chi connectivity index (χ3v) is 5.35. The summed E-state index contributed by atoms with van der Waals surface area (Å²) < 4.78 is 9.80. The molecule has 0 unspecified atom stereocenters. The van der Waals surface area contributed by atoms with E-state index in [2.05, 4.69) is 161 Å². The van der Waals surface area contributed by atoms with E-state index >= 15 is 0 Å². The summed E-state index contributed by atoms with van der Waals surface area (Å²) in [6.07, 6.45) is 14.7. The second-order valence-electron chi connectivity index (χ2n) is 7.69. The summed E-state index contributed by atoms with van der Waals surface area (Å²) in [5, 5.41) is 11.7. The molecule has 0 aliphatic heterocycles. The molecule has 0 radical (unpaired) electrons. The Morgan fingerprint density at radius 3 is 0.692 bits per heavy atom. The summed E-state index contributed by atoms with van der Waals surface area (Å²) in [5.41, 5.74) is 0. The van der Waals surface area contributed by atoms with Crippen molar-refractivity contribution in [3.8, 4) is 0 Å². The molecule has 0 saturated heterocycles. The van der Waals surface area contributed by atoms with Crippen molar-refractivity contribution in [2.45, 2.75) is 105 Å². The van der Waals surface area contributed by atoms with Gasteiger partial charge in [0.25, 0.3) is 0 Å². The molecule has 0 aliphatic carbocycles. The van der Waals surface area contributed by atoms with Crippen molar-refractivity contribution in [1.29, 1.82) is 0 Å². The minimum absolute atomic E-state index is 0. The average Bonchev–Trinajstić information content (AvgIpc) is 2.87. The maximum absolute atomic E-state index is 7.83. The average molecular weight is 793 g/mol. The van der Waals surface area contributed by atoms with Crippen LogP contribution in [0.15, 0.2) is 0 Å². The molecule has 15 heteroatoms. The van der Waals surface area contributed by atoms with Crippen LogP contribution in [0, 0.1) is 0 Å². The van der Waals surface area contributed by atoms with Crippen LogP contribution in [0.3, 0.4) is 0 Å². The van der Waals surface area contributed by atoms with Crippen molar-refractivity contribution in [2.24, 2.45) is 0 Å². The van der Waals surface area contributed by atoms with Crippen LogP contribution in [0.25, 0.3) is 0 Å². The largest absolute Gasteiger partial charge is 4.00 e. The third kappa shape index (κ3) is 85.4. The molecule has 0 atom stereocenters. The van der Waals surface area contributed by atoms with E-state index in [-0.39, 0.29) is 21.1 Å². The van der Waals surface area contributed by atoms with Gasteiger partial charge in [0.2, 0.25) is 0 Å². The molecule has 0 saturated carbocycles. The molecule has 230 valence electrons. The fourth-order valence-corrected chi connectivity index (χ4v) is 3.08. The van der Waals surface area contributed by atoms with E-state index in [0.29, 0.717) is 17.3 Å². The summed E-state index contributed by atoms with van der Waals surface area (Å²) in [5.74, 6) is 0. The van der Waals surface area contributed by atoms with Crippen molar-refractivity contribution < 1.29 is 25.3 Å². The van der Waals surface area contributed by atoms with Gasteiger partial charge in [-0.25, -0.2) is 0 Å². The minimum atomic E-state index is 0. The van der Waals surface area contributed by atoms with Crippen LogP contribution >= 0.6 is 48.9 Å². The third-order valence-electron chi connectivity index (χ3n) is 4.20. The number of thiocarbonyl (C=S) groups is 4. The number of unbranched alkanes of at least 4 members (excludes halogenated alkanes) is 8. The Labute approximate surface area is 303 Å². The molecule has 0 aromatic carbocycles. The quantitative estimate of drug-likeness (QED) is 0.0635. The van der Waals surface area contributed by atoms with Crippen LogP contribution < -0.4 is 21.3 Å². The van der Waals surface area contributed by atoms with Gasteiger partial charge in [0.15, 0.2) is 12.5 Å². The smallest absolute Gasteiger partial charge is 0.412 e. The SMILES string of the molecule is CCCCCNC(=S)[S-].CCCCCNC(=S)[S-].CCCCCNC(=S)[S-].CCCCCNC(=S)[S-].O=S.[Mo+4]. The van der Waals surface area contributed by atoms with Crippen molar-refractivity contribution in [2.75, 3.05) is 26.2 Å². The topological polar surface area (TPSA) is 65.2 Å². The predicted octanol–water partition coefficient (Wildman–Crippen LogP) is 6.05. The van der Waals surface area contributed by atoms with Crippen LogP contribution in [-0.4, -0.2) is 47.7 Å². The number of nitrogens with one attached hydrogen (secondary N) is 4. The molecular formula is C24H48MoN4OS9. The number of hydrogen-bond acceptors (Lipinski definition) is 10. The molecule has 39 heavy (non-hydrogen) atoms. The van der Waals surface area contributed by atoms with Gasteiger partial charge in [0, 0.05) is 26.2 Å². The molecular weight excluding hydrogens is 745 g/mol. The van der Waals surface area contributed by atoms with E-state index in [1.54, 1.807) is 0 Å². The Hall–Kier alpha value is 1.15. The van der Waals surface area contributed by atoms with E-state index in [9.17, 15) is 0 Å². The van der Waals surface area contributed by atoms with Gasteiger partial charge < -0.3 is 121 Å². The van der Waals surface area contributed by atoms with E-state index in [4.69, 9.17) is 4.21 Å². The van der Waals surface area contributed by atoms with Crippen molar-refractivity contribution >= 4 is 129 Å². The molecule has 0 bridgehead atoms. The van der Waals surface area contributed by atoms with Gasteiger partial charge in [-0.3, -0.25) is 0 Å². The van der Waals surface area contributed by atoms with Crippen molar-refractivity contribution in [1.82, 2.24) is 21.3 Å². The molecule has 0 heterocycles. The van der Waals surface area contributed by atoms with Gasteiger partial charge in [0.05, 0.1) is 0 Å². The predicted molar refractivity (Wildman–Crippen MR) is 198 cm³/mol. The first-order chi connectivity index (χ1) is 18.1. The van der Waals surface area contributed by atoms with Gasteiger partial charge in [-0.2, -0.15) is 4.21 Å². The molecule has 4 N–H and O–H groups in total. The van der Waals surface area contributed by atoms with Gasteiger partial charge in [-0.05, 0) is 25.7 Å². The zero-order chi connectivity index (χ0) is 30.5. The standard InChI is InChI=1S/4C6H13NS2.Mo.OS/c4*1-2-3-4-5-7-6(8)9;;1-2/h4*2-5H2,1H3,(H2,7,8,9);;/q;;;;+4;/p-4. The summed E-state index contributed by atoms with van der Waals surface area (Å²) in [6, 6.07) is 0. The van der Waals surface area contributed by atoms with Crippen LogP contribution in [0.5, 0.6) is 0 Å². The summed E-state index contributed by atoms with van der Waals surface area (Å²) in [7, 11) is 0. The summed E-state index contributed by atoms with van der Waals surface area (Å²) in [6.45, 7) is 12.5. The second kappa shape index (κ2) is 51.8. The second-order valence-corrected chi connectivity index (χ2v) is 12.0. The Balaban J connectivity index is -0.0000000902. The number of rotatable bonds is 16. The maximum Gasteiger partial charge on any atom is 4.00 e. The zero-order valence-electron chi connectivity index (χ0n) is 23.8. The normalized spacial score (nSPS) is 8.41. The zero-order valence-corrected chi connectivity index (χ0v) is 33.2. The fraction of sp³-hybridized carbons (Fsp3) is 0.833. The molecule has 0 fully saturated rings. The van der Waals surface area contributed by atoms with Crippen molar-refractivity contribution in [3.05, 3.63) is 0 Å². The van der Waals surface area contributed by atoms with Gasteiger partial charge in [-0.1, -0.05) is 96.3 Å². The van der Waals surface area contributed by atoms with E-state index in [0.717, 1.165) is 26.2 Å². The van der Waals surface area contributed by atoms with E-state index < -0.39 is 0 Å². The molecule has 0 rings (SSSR count). The van der Waals surface area contributed by atoms with E-state index in [1.807, 2.05) is 0 Å². The van der Waals surface area contributed by atoms with Crippen LogP contribution in [-0.2, 0) is 84.1 Å². The van der Waals surface area contributed by atoms with Crippen LogP contribution in [0.1, 0.15) is 105 Å². The Bertz CT molecular complexity index is 450. The first-order valence-corrected chi connectivity index (χ1v) is 16.6. The molecule has 5 nitrogen and oxygen atoms in total. The van der Waals surface area contributed by atoms with Gasteiger partial charge in [0.1, 0.15) is 0 Å². The first kappa shape index (κ1) is 52.8.